The Bertz CT molecular complexity index is 572. The summed E-state index contributed by atoms with van der Waals surface area (Å²) in [5, 5.41) is 10.2. The molecule has 3 nitrogen and oxygen atoms in total. The second kappa shape index (κ2) is 7.10. The van der Waals surface area contributed by atoms with Crippen molar-refractivity contribution in [1.82, 2.24) is 4.90 Å². The molecule has 0 saturated carbocycles. The van der Waals surface area contributed by atoms with Crippen molar-refractivity contribution in [3.8, 4) is 5.75 Å². The van der Waals surface area contributed by atoms with Crippen LogP contribution in [0.25, 0.3) is 0 Å². The van der Waals surface area contributed by atoms with Crippen molar-refractivity contribution in [1.29, 1.82) is 0 Å². The Labute approximate surface area is 127 Å². The summed E-state index contributed by atoms with van der Waals surface area (Å²) in [6.45, 7) is 1.17. The Hall–Kier alpha value is -1.81. The highest BCUT2D eigenvalue weighted by Crippen LogP contribution is 2.15. The fraction of sp³-hybridized carbons (Fsp3) is 0.188. The van der Waals surface area contributed by atoms with Gasteiger partial charge < -0.3 is 10.0 Å². The molecule has 2 aromatic rings. The zero-order valence-corrected chi connectivity index (χ0v) is 12.6. The third kappa shape index (κ3) is 3.84. The molecular formula is C16H16BrNO2. The Morgan fingerprint density at radius 3 is 2.50 bits per heavy atom. The first-order chi connectivity index (χ1) is 9.70. The molecule has 0 aliphatic carbocycles. The lowest BCUT2D eigenvalue weighted by Crippen LogP contribution is -2.32. The van der Waals surface area contributed by atoms with Crippen LogP contribution >= 0.6 is 15.9 Å². The second-order valence-corrected chi connectivity index (χ2v) is 5.24. The number of nitrogens with zero attached hydrogens (tertiary/aromatic N) is 1. The van der Waals surface area contributed by atoms with Gasteiger partial charge in [0.25, 0.3) is 5.91 Å². The summed E-state index contributed by atoms with van der Waals surface area (Å²) < 4.78 is 0. The molecule has 0 unspecified atom stereocenters. The molecular weight excluding hydrogens is 318 g/mol. The first-order valence-corrected chi connectivity index (χ1v) is 7.51. The fourth-order valence-electron chi connectivity index (χ4n) is 1.98. The van der Waals surface area contributed by atoms with E-state index >= 15 is 0 Å². The Balaban J connectivity index is 2.18. The van der Waals surface area contributed by atoms with Crippen LogP contribution in [0.4, 0.5) is 0 Å². The van der Waals surface area contributed by atoms with E-state index in [0.29, 0.717) is 24.0 Å². The molecule has 0 spiro atoms. The van der Waals surface area contributed by atoms with E-state index in [0.717, 1.165) is 5.56 Å². The molecule has 0 bridgehead atoms. The van der Waals surface area contributed by atoms with E-state index in [9.17, 15) is 9.90 Å². The Morgan fingerprint density at radius 1 is 1.10 bits per heavy atom. The van der Waals surface area contributed by atoms with Crippen molar-refractivity contribution in [3.63, 3.8) is 0 Å². The number of phenols is 1. The highest BCUT2D eigenvalue weighted by Gasteiger charge is 2.15. The number of alkyl halides is 1. The lowest BCUT2D eigenvalue weighted by molar-refractivity contribution is 0.0754. The predicted octanol–water partition coefficient (Wildman–Crippen LogP) is 3.43. The highest BCUT2D eigenvalue weighted by molar-refractivity contribution is 9.09. The lowest BCUT2D eigenvalue weighted by Gasteiger charge is -2.22. The maximum Gasteiger partial charge on any atom is 0.254 e. The van der Waals surface area contributed by atoms with Crippen LogP contribution in [-0.2, 0) is 6.54 Å². The van der Waals surface area contributed by atoms with Crippen molar-refractivity contribution in [2.45, 2.75) is 6.54 Å². The average Bonchev–Trinajstić information content (AvgIpc) is 2.47. The van der Waals surface area contributed by atoms with E-state index in [1.807, 2.05) is 30.3 Å². The minimum Gasteiger partial charge on any atom is -0.508 e. The maximum absolute atomic E-state index is 12.5. The highest BCUT2D eigenvalue weighted by atomic mass is 79.9. The summed E-state index contributed by atoms with van der Waals surface area (Å²) in [5.41, 5.74) is 1.59. The van der Waals surface area contributed by atoms with E-state index in [4.69, 9.17) is 0 Å². The van der Waals surface area contributed by atoms with Crippen LogP contribution in [0.5, 0.6) is 5.75 Å². The van der Waals surface area contributed by atoms with Crippen LogP contribution in [-0.4, -0.2) is 27.8 Å². The standard InChI is InChI=1S/C16H16BrNO2/c17-9-10-18(12-13-5-2-1-3-6-13)16(20)14-7-4-8-15(19)11-14/h1-8,11,19H,9-10,12H2. The van der Waals surface area contributed by atoms with Crippen LogP contribution < -0.4 is 0 Å². The van der Waals surface area contributed by atoms with E-state index < -0.39 is 0 Å². The summed E-state index contributed by atoms with van der Waals surface area (Å²) in [6.07, 6.45) is 0. The minimum absolute atomic E-state index is 0.0794. The number of halogens is 1. The number of carbonyl (C=O) groups is 1. The normalized spacial score (nSPS) is 10.2. The number of carbonyl (C=O) groups excluding carboxylic acids is 1. The van der Waals surface area contributed by atoms with Gasteiger partial charge in [0.05, 0.1) is 0 Å². The van der Waals surface area contributed by atoms with Crippen molar-refractivity contribution in [3.05, 3.63) is 65.7 Å². The SMILES string of the molecule is O=C(c1cccc(O)c1)N(CCBr)Cc1ccccc1. The number of aromatic hydroxyl groups is 1. The molecule has 4 heteroatoms. The van der Waals surface area contributed by atoms with Gasteiger partial charge in [0, 0.05) is 24.0 Å². The van der Waals surface area contributed by atoms with Gasteiger partial charge in [-0.3, -0.25) is 4.79 Å². The molecule has 0 aliphatic heterocycles. The summed E-state index contributed by atoms with van der Waals surface area (Å²) >= 11 is 3.38. The zero-order valence-electron chi connectivity index (χ0n) is 11.0. The van der Waals surface area contributed by atoms with Gasteiger partial charge in [-0.1, -0.05) is 52.3 Å². The largest absolute Gasteiger partial charge is 0.508 e. The van der Waals surface area contributed by atoms with Crippen LogP contribution in [0, 0.1) is 0 Å². The van der Waals surface area contributed by atoms with Crippen molar-refractivity contribution < 1.29 is 9.90 Å². The molecule has 0 aromatic heterocycles. The molecule has 104 valence electrons. The molecule has 0 saturated heterocycles. The first-order valence-electron chi connectivity index (χ1n) is 6.39. The predicted molar refractivity (Wildman–Crippen MR) is 83.1 cm³/mol. The number of hydrogen-bond donors (Lipinski definition) is 1. The minimum atomic E-state index is -0.0794. The molecule has 0 aliphatic rings. The van der Waals surface area contributed by atoms with Crippen LogP contribution in [0.2, 0.25) is 0 Å². The topological polar surface area (TPSA) is 40.5 Å². The van der Waals surface area contributed by atoms with Gasteiger partial charge in [-0.25, -0.2) is 0 Å². The Morgan fingerprint density at radius 2 is 1.85 bits per heavy atom. The molecule has 0 heterocycles. The molecule has 0 atom stereocenters. The summed E-state index contributed by atoms with van der Waals surface area (Å²) in [7, 11) is 0. The fourth-order valence-corrected chi connectivity index (χ4v) is 2.41. The molecule has 0 fully saturated rings. The van der Waals surface area contributed by atoms with Crippen molar-refractivity contribution in [2.24, 2.45) is 0 Å². The maximum atomic E-state index is 12.5. The summed E-state index contributed by atoms with van der Waals surface area (Å²) in [5.74, 6) is 0.0264. The molecule has 1 N–H and O–H groups in total. The third-order valence-electron chi connectivity index (χ3n) is 2.95. The molecule has 20 heavy (non-hydrogen) atoms. The third-order valence-corrected chi connectivity index (χ3v) is 3.31. The van der Waals surface area contributed by atoms with Gasteiger partial charge in [0.1, 0.15) is 5.75 Å². The van der Waals surface area contributed by atoms with Crippen molar-refractivity contribution in [2.75, 3.05) is 11.9 Å². The van der Waals surface area contributed by atoms with E-state index in [1.54, 1.807) is 23.1 Å². The van der Waals surface area contributed by atoms with Crippen LogP contribution in [0.15, 0.2) is 54.6 Å². The van der Waals surface area contributed by atoms with Crippen LogP contribution in [0.1, 0.15) is 15.9 Å². The van der Waals surface area contributed by atoms with Gasteiger partial charge in [-0.15, -0.1) is 0 Å². The molecule has 2 aromatic carbocycles. The number of hydrogen-bond acceptors (Lipinski definition) is 2. The van der Waals surface area contributed by atoms with E-state index in [-0.39, 0.29) is 11.7 Å². The number of benzene rings is 2. The first kappa shape index (κ1) is 14.6. The van der Waals surface area contributed by atoms with Gasteiger partial charge in [0.2, 0.25) is 0 Å². The van der Waals surface area contributed by atoms with Gasteiger partial charge in [0.15, 0.2) is 0 Å². The number of rotatable bonds is 5. The molecule has 0 radical (unpaired) electrons. The van der Waals surface area contributed by atoms with E-state index in [1.165, 1.54) is 6.07 Å². The molecule has 2 rings (SSSR count). The van der Waals surface area contributed by atoms with Crippen molar-refractivity contribution >= 4 is 21.8 Å². The number of amides is 1. The smallest absolute Gasteiger partial charge is 0.254 e. The molecule has 1 amide bonds. The average molecular weight is 334 g/mol. The van der Waals surface area contributed by atoms with Crippen LogP contribution in [0.3, 0.4) is 0 Å². The summed E-state index contributed by atoms with van der Waals surface area (Å²) in [6, 6.07) is 16.3. The zero-order chi connectivity index (χ0) is 14.4. The Kier molecular flexibility index (Phi) is 5.18. The summed E-state index contributed by atoms with van der Waals surface area (Å²) in [4.78, 5) is 14.2. The monoisotopic (exact) mass is 333 g/mol. The van der Waals surface area contributed by atoms with Gasteiger partial charge >= 0.3 is 0 Å². The van der Waals surface area contributed by atoms with E-state index in [2.05, 4.69) is 15.9 Å². The second-order valence-electron chi connectivity index (χ2n) is 4.45. The quantitative estimate of drug-likeness (QED) is 0.851. The lowest BCUT2D eigenvalue weighted by atomic mass is 10.1. The van der Waals surface area contributed by atoms with Gasteiger partial charge in [-0.05, 0) is 23.8 Å². The number of phenolic OH excluding ortho intramolecular Hbond substituents is 1. The van der Waals surface area contributed by atoms with Gasteiger partial charge in [-0.2, -0.15) is 0 Å².